The molecule has 8 nitrogen and oxygen atoms in total. The third kappa shape index (κ3) is 4.26. The predicted molar refractivity (Wildman–Crippen MR) is 118 cm³/mol. The molecule has 30 heavy (non-hydrogen) atoms. The number of rotatable bonds is 5. The number of fused-ring (bicyclic) bond motifs is 1. The van der Waals surface area contributed by atoms with E-state index in [-0.39, 0.29) is 17.4 Å². The molecule has 4 rings (SSSR count). The van der Waals surface area contributed by atoms with Gasteiger partial charge in [0, 0.05) is 34.8 Å². The molecule has 0 radical (unpaired) electrons. The van der Waals surface area contributed by atoms with Gasteiger partial charge in [-0.3, -0.25) is 14.3 Å². The fourth-order valence-corrected chi connectivity index (χ4v) is 3.37. The van der Waals surface area contributed by atoms with Crippen LogP contribution in [0.4, 0.5) is 11.5 Å². The number of hydrogen-bond acceptors (Lipinski definition) is 6. The van der Waals surface area contributed by atoms with Gasteiger partial charge >= 0.3 is 0 Å². The van der Waals surface area contributed by atoms with Gasteiger partial charge in [0.25, 0.3) is 5.91 Å². The van der Waals surface area contributed by atoms with Crippen molar-refractivity contribution in [1.82, 2.24) is 19.7 Å². The summed E-state index contributed by atoms with van der Waals surface area (Å²) in [6.45, 7) is 1.44. The van der Waals surface area contributed by atoms with E-state index in [0.29, 0.717) is 11.4 Å². The number of nitrogens with two attached hydrogens (primary N) is 1. The highest BCUT2D eigenvalue weighted by atomic mass is 32.2. The maximum atomic E-state index is 12.7. The van der Waals surface area contributed by atoms with E-state index >= 15 is 0 Å². The second-order valence-corrected chi connectivity index (χ2v) is 7.39. The fraction of sp³-hybridized carbons (Fsp3) is 0.0476. The van der Waals surface area contributed by atoms with Crippen molar-refractivity contribution in [3.05, 3.63) is 66.6 Å². The van der Waals surface area contributed by atoms with E-state index in [1.54, 1.807) is 30.5 Å². The van der Waals surface area contributed by atoms with Crippen molar-refractivity contribution in [1.29, 1.82) is 0 Å². The second kappa shape index (κ2) is 8.26. The number of nitrogen functional groups attached to an aromatic ring is 1. The number of anilines is 2. The highest BCUT2D eigenvalue weighted by Gasteiger charge is 2.15. The second-order valence-electron chi connectivity index (χ2n) is 6.51. The van der Waals surface area contributed by atoms with Gasteiger partial charge in [-0.05, 0) is 53.7 Å². The van der Waals surface area contributed by atoms with E-state index in [0.717, 1.165) is 21.4 Å². The number of hydrogen-bond donors (Lipinski definition) is 4. The zero-order valence-electron chi connectivity index (χ0n) is 16.0. The first kappa shape index (κ1) is 19.5. The quantitative estimate of drug-likeness (QED) is 0.367. The maximum Gasteiger partial charge on any atom is 0.278 e. The molecule has 150 valence electrons. The summed E-state index contributed by atoms with van der Waals surface area (Å²) < 4.78 is 2.64. The van der Waals surface area contributed by atoms with Gasteiger partial charge < -0.3 is 16.0 Å². The van der Waals surface area contributed by atoms with Crippen LogP contribution in [-0.4, -0.2) is 26.8 Å². The summed E-state index contributed by atoms with van der Waals surface area (Å²) in [4.78, 5) is 36.3. The van der Waals surface area contributed by atoms with Crippen LogP contribution in [0.1, 0.15) is 17.4 Å². The highest BCUT2D eigenvalue weighted by molar-refractivity contribution is 7.98. The zero-order valence-corrected chi connectivity index (χ0v) is 16.8. The molecule has 0 aliphatic rings. The van der Waals surface area contributed by atoms with Gasteiger partial charge in [0.2, 0.25) is 5.91 Å². The number of aromatic nitrogens is 3. The minimum atomic E-state index is -0.454. The molecule has 0 atom stereocenters. The summed E-state index contributed by atoms with van der Waals surface area (Å²) in [5.74, 6) is -0.540. The van der Waals surface area contributed by atoms with Gasteiger partial charge in [-0.1, -0.05) is 12.1 Å². The van der Waals surface area contributed by atoms with E-state index in [2.05, 4.69) is 25.0 Å². The molecule has 4 aromatic rings. The summed E-state index contributed by atoms with van der Waals surface area (Å²) >= 11 is 1.20. The first-order valence-electron chi connectivity index (χ1n) is 9.04. The molecule has 0 aliphatic carbocycles. The van der Waals surface area contributed by atoms with Gasteiger partial charge in [0.05, 0.1) is 11.9 Å². The minimum Gasteiger partial charge on any atom is -0.382 e. The Morgan fingerprint density at radius 2 is 1.90 bits per heavy atom. The molecular formula is C21H18N6O2S. The lowest BCUT2D eigenvalue weighted by atomic mass is 10.1. The molecule has 2 aromatic heterocycles. The molecule has 0 saturated heterocycles. The average molecular weight is 418 g/mol. The number of nitrogens with zero attached hydrogens (tertiary/aromatic N) is 2. The number of carbonyl (C=O) groups is 2. The van der Waals surface area contributed by atoms with Crippen LogP contribution in [0.5, 0.6) is 0 Å². The lowest BCUT2D eigenvalue weighted by molar-refractivity contribution is -0.117. The molecular weight excluding hydrogens is 400 g/mol. The molecule has 0 unspecified atom stereocenters. The number of H-pyrrole nitrogens is 1. The SMILES string of the molecule is CC(=O)NSc1ccc(NC(=O)c2nc(-c3ccc4cc[nH]c4c3)cnc2N)cc1. The van der Waals surface area contributed by atoms with Crippen LogP contribution in [0.3, 0.4) is 0 Å². The maximum absolute atomic E-state index is 12.7. The molecule has 2 amide bonds. The number of nitrogens with one attached hydrogen (secondary N) is 3. The van der Waals surface area contributed by atoms with E-state index in [1.807, 2.05) is 30.5 Å². The first-order valence-corrected chi connectivity index (χ1v) is 9.86. The average Bonchev–Trinajstić information content (AvgIpc) is 3.21. The Labute approximate surface area is 176 Å². The van der Waals surface area contributed by atoms with Crippen LogP contribution in [0.25, 0.3) is 22.2 Å². The molecule has 0 aliphatic heterocycles. The topological polar surface area (TPSA) is 126 Å². The Morgan fingerprint density at radius 3 is 2.67 bits per heavy atom. The van der Waals surface area contributed by atoms with Crippen molar-refractivity contribution < 1.29 is 9.59 Å². The Balaban J connectivity index is 1.53. The van der Waals surface area contributed by atoms with Crippen LogP contribution in [-0.2, 0) is 4.79 Å². The molecule has 5 N–H and O–H groups in total. The summed E-state index contributed by atoms with van der Waals surface area (Å²) in [6.07, 6.45) is 3.41. The van der Waals surface area contributed by atoms with Gasteiger partial charge in [-0.15, -0.1) is 0 Å². The summed E-state index contributed by atoms with van der Waals surface area (Å²) in [7, 11) is 0. The van der Waals surface area contributed by atoms with Gasteiger partial charge in [-0.25, -0.2) is 9.97 Å². The van der Waals surface area contributed by atoms with E-state index < -0.39 is 5.91 Å². The number of carbonyl (C=O) groups excluding carboxylic acids is 2. The number of benzene rings is 2. The van der Waals surface area contributed by atoms with Crippen molar-refractivity contribution in [2.75, 3.05) is 11.1 Å². The lowest BCUT2D eigenvalue weighted by Crippen LogP contribution is -2.17. The highest BCUT2D eigenvalue weighted by Crippen LogP contribution is 2.24. The predicted octanol–water partition coefficient (Wildman–Crippen LogP) is 3.60. The Hall–Kier alpha value is -3.85. The smallest absolute Gasteiger partial charge is 0.278 e. The fourth-order valence-electron chi connectivity index (χ4n) is 2.84. The van der Waals surface area contributed by atoms with Gasteiger partial charge in [0.1, 0.15) is 0 Å². The van der Waals surface area contributed by atoms with Crippen LogP contribution in [0.15, 0.2) is 65.8 Å². The monoisotopic (exact) mass is 418 g/mol. The molecule has 0 saturated carbocycles. The molecule has 2 aromatic carbocycles. The van der Waals surface area contributed by atoms with Crippen molar-refractivity contribution in [2.24, 2.45) is 0 Å². The third-order valence-electron chi connectivity index (χ3n) is 4.29. The summed E-state index contributed by atoms with van der Waals surface area (Å²) in [5, 5.41) is 3.85. The molecule has 0 bridgehead atoms. The molecule has 2 heterocycles. The third-order valence-corrected chi connectivity index (χ3v) is 5.19. The van der Waals surface area contributed by atoms with E-state index in [4.69, 9.17) is 5.73 Å². The first-order chi connectivity index (χ1) is 14.5. The zero-order chi connectivity index (χ0) is 21.1. The Morgan fingerprint density at radius 1 is 1.10 bits per heavy atom. The van der Waals surface area contributed by atoms with Gasteiger partial charge in [-0.2, -0.15) is 0 Å². The van der Waals surface area contributed by atoms with E-state index in [9.17, 15) is 9.59 Å². The molecule has 9 heteroatoms. The summed E-state index contributed by atoms with van der Waals surface area (Å²) in [5.41, 5.74) is 8.87. The van der Waals surface area contributed by atoms with E-state index in [1.165, 1.54) is 18.9 Å². The van der Waals surface area contributed by atoms with Crippen LogP contribution >= 0.6 is 11.9 Å². The summed E-state index contributed by atoms with van der Waals surface area (Å²) in [6, 6.07) is 14.8. The van der Waals surface area contributed by atoms with Crippen LogP contribution in [0, 0.1) is 0 Å². The van der Waals surface area contributed by atoms with Crippen molar-refractivity contribution in [2.45, 2.75) is 11.8 Å². The van der Waals surface area contributed by atoms with Gasteiger partial charge in [0.15, 0.2) is 11.5 Å². The van der Waals surface area contributed by atoms with Crippen LogP contribution < -0.4 is 15.8 Å². The normalized spacial score (nSPS) is 10.7. The largest absolute Gasteiger partial charge is 0.382 e. The minimum absolute atomic E-state index is 0.0510. The van der Waals surface area contributed by atoms with Crippen LogP contribution in [0.2, 0.25) is 0 Å². The van der Waals surface area contributed by atoms with Crippen molar-refractivity contribution >= 4 is 46.2 Å². The molecule has 0 fully saturated rings. The standard InChI is InChI=1S/C21H18N6O2S/c1-12(28)27-30-16-6-4-15(5-7-16)25-21(29)19-20(22)24-11-18(26-19)14-3-2-13-8-9-23-17(13)10-14/h2-11,23H,1H3,(H2,22,24)(H,25,29)(H,27,28). The Kier molecular flexibility index (Phi) is 5.36. The Bertz CT molecular complexity index is 1240. The van der Waals surface area contributed by atoms with Crippen molar-refractivity contribution in [3.63, 3.8) is 0 Å². The molecule has 0 spiro atoms. The number of aromatic amines is 1. The lowest BCUT2D eigenvalue weighted by Gasteiger charge is -2.09. The number of amides is 2. The van der Waals surface area contributed by atoms with Crippen molar-refractivity contribution in [3.8, 4) is 11.3 Å².